The molecule has 5 heteroatoms. The predicted octanol–water partition coefficient (Wildman–Crippen LogP) is 2.34. The number of aromatic nitrogens is 2. The Kier molecular flexibility index (Phi) is 2.60. The van der Waals surface area contributed by atoms with E-state index in [0.29, 0.717) is 12.1 Å². The first-order chi connectivity index (χ1) is 9.83. The number of para-hydroxylation sites is 1. The molecule has 0 radical (unpaired) electrons. The van der Waals surface area contributed by atoms with Gasteiger partial charge in [-0.05, 0) is 25.0 Å². The zero-order valence-corrected chi connectivity index (χ0v) is 11.0. The highest BCUT2D eigenvalue weighted by atomic mass is 16.3. The molecule has 1 aromatic carbocycles. The van der Waals surface area contributed by atoms with Crippen molar-refractivity contribution < 1.29 is 9.52 Å². The number of hydrogen-bond acceptors (Lipinski definition) is 5. The van der Waals surface area contributed by atoms with Crippen LogP contribution in [0.5, 0.6) is 0 Å². The minimum atomic E-state index is -0.293. The molecule has 0 saturated carbocycles. The van der Waals surface area contributed by atoms with Gasteiger partial charge in [0.2, 0.25) is 0 Å². The molecule has 4 rings (SSSR count). The normalized spacial score (nSPS) is 19.9. The number of nitrogens with zero attached hydrogens (tertiary/aromatic N) is 3. The van der Waals surface area contributed by atoms with Crippen LogP contribution in [0.15, 0.2) is 35.0 Å². The number of rotatable bonds is 1. The topological polar surface area (TPSA) is 62.4 Å². The lowest BCUT2D eigenvalue weighted by Crippen LogP contribution is -2.38. The smallest absolute Gasteiger partial charge is 0.196 e. The van der Waals surface area contributed by atoms with Gasteiger partial charge in [-0.25, -0.2) is 9.97 Å². The highest BCUT2D eigenvalue weighted by Gasteiger charge is 2.23. The highest BCUT2D eigenvalue weighted by Crippen LogP contribution is 2.32. The first-order valence-corrected chi connectivity index (χ1v) is 6.88. The van der Waals surface area contributed by atoms with Crippen LogP contribution in [0.1, 0.15) is 12.8 Å². The van der Waals surface area contributed by atoms with Gasteiger partial charge in [0.1, 0.15) is 17.4 Å². The summed E-state index contributed by atoms with van der Waals surface area (Å²) in [6.07, 6.45) is 3.09. The molecule has 1 atom stereocenters. The number of aliphatic hydroxyl groups excluding tert-OH is 1. The second-order valence-electron chi connectivity index (χ2n) is 5.22. The van der Waals surface area contributed by atoms with Crippen molar-refractivity contribution in [1.29, 1.82) is 0 Å². The molecule has 2 aromatic heterocycles. The summed E-state index contributed by atoms with van der Waals surface area (Å²) < 4.78 is 5.92. The molecule has 0 bridgehead atoms. The van der Waals surface area contributed by atoms with E-state index in [1.54, 1.807) is 6.33 Å². The van der Waals surface area contributed by atoms with Crippen molar-refractivity contribution in [2.24, 2.45) is 0 Å². The van der Waals surface area contributed by atoms with Gasteiger partial charge < -0.3 is 14.4 Å². The van der Waals surface area contributed by atoms with E-state index in [9.17, 15) is 5.11 Å². The van der Waals surface area contributed by atoms with Gasteiger partial charge in [0.05, 0.1) is 6.10 Å². The maximum atomic E-state index is 9.84. The van der Waals surface area contributed by atoms with E-state index in [1.807, 2.05) is 24.3 Å². The van der Waals surface area contributed by atoms with E-state index in [-0.39, 0.29) is 6.10 Å². The van der Waals surface area contributed by atoms with Crippen molar-refractivity contribution in [2.75, 3.05) is 18.0 Å². The quantitative estimate of drug-likeness (QED) is 0.734. The summed E-state index contributed by atoms with van der Waals surface area (Å²) in [5.41, 5.74) is 2.37. The van der Waals surface area contributed by atoms with Crippen LogP contribution < -0.4 is 4.90 Å². The van der Waals surface area contributed by atoms with Crippen LogP contribution in [0.25, 0.3) is 22.1 Å². The molecule has 20 heavy (non-hydrogen) atoms. The van der Waals surface area contributed by atoms with Crippen molar-refractivity contribution in [3.05, 3.63) is 30.6 Å². The lowest BCUT2D eigenvalue weighted by molar-refractivity contribution is 0.154. The van der Waals surface area contributed by atoms with Gasteiger partial charge >= 0.3 is 0 Å². The Morgan fingerprint density at radius 1 is 1.25 bits per heavy atom. The minimum Gasteiger partial charge on any atom is -0.450 e. The first-order valence-electron chi connectivity index (χ1n) is 6.88. The second kappa shape index (κ2) is 4.45. The fraction of sp³-hybridized carbons (Fsp3) is 0.333. The molecule has 102 valence electrons. The van der Waals surface area contributed by atoms with Crippen molar-refractivity contribution >= 4 is 27.9 Å². The second-order valence-corrected chi connectivity index (χ2v) is 5.22. The van der Waals surface area contributed by atoms with E-state index in [4.69, 9.17) is 4.42 Å². The van der Waals surface area contributed by atoms with Crippen LogP contribution in [-0.2, 0) is 0 Å². The Balaban J connectivity index is 1.91. The van der Waals surface area contributed by atoms with Crippen molar-refractivity contribution in [2.45, 2.75) is 18.9 Å². The first kappa shape index (κ1) is 11.7. The average Bonchev–Trinajstić information content (AvgIpc) is 2.86. The largest absolute Gasteiger partial charge is 0.450 e. The summed E-state index contributed by atoms with van der Waals surface area (Å²) in [5, 5.41) is 10.8. The molecule has 1 N–H and O–H groups in total. The predicted molar refractivity (Wildman–Crippen MR) is 76.8 cm³/mol. The van der Waals surface area contributed by atoms with Crippen LogP contribution >= 0.6 is 0 Å². The van der Waals surface area contributed by atoms with Gasteiger partial charge in [-0.15, -0.1) is 0 Å². The van der Waals surface area contributed by atoms with E-state index in [0.717, 1.165) is 41.7 Å². The number of anilines is 1. The van der Waals surface area contributed by atoms with E-state index < -0.39 is 0 Å². The van der Waals surface area contributed by atoms with Crippen molar-refractivity contribution in [1.82, 2.24) is 9.97 Å². The number of aliphatic hydroxyl groups is 1. The maximum Gasteiger partial charge on any atom is 0.196 e. The Morgan fingerprint density at radius 2 is 2.15 bits per heavy atom. The fourth-order valence-corrected chi connectivity index (χ4v) is 2.88. The van der Waals surface area contributed by atoms with Crippen LogP contribution in [0.2, 0.25) is 0 Å². The van der Waals surface area contributed by atoms with Crippen LogP contribution in [0.3, 0.4) is 0 Å². The third-order valence-corrected chi connectivity index (χ3v) is 3.84. The highest BCUT2D eigenvalue weighted by molar-refractivity contribution is 6.05. The molecule has 1 saturated heterocycles. The van der Waals surface area contributed by atoms with Crippen molar-refractivity contribution in [3.8, 4) is 0 Å². The zero-order chi connectivity index (χ0) is 13.5. The molecule has 0 spiro atoms. The molecular formula is C15H15N3O2. The van der Waals surface area contributed by atoms with E-state index >= 15 is 0 Å². The molecule has 0 aliphatic carbocycles. The van der Waals surface area contributed by atoms with E-state index in [1.165, 1.54) is 0 Å². The standard InChI is InChI=1S/C15H15N3O2/c19-10-4-3-7-18(8-10)15-14-13(16-9-17-15)11-5-1-2-6-12(11)20-14/h1-2,5-6,9-10,19H,3-4,7-8H2. The average molecular weight is 269 g/mol. The Hall–Kier alpha value is -2.14. The third-order valence-electron chi connectivity index (χ3n) is 3.84. The van der Waals surface area contributed by atoms with Crippen LogP contribution in [0, 0.1) is 0 Å². The molecule has 3 aromatic rings. The van der Waals surface area contributed by atoms with Crippen molar-refractivity contribution in [3.63, 3.8) is 0 Å². The molecule has 1 fully saturated rings. The summed E-state index contributed by atoms with van der Waals surface area (Å²) in [7, 11) is 0. The number of β-amino-alcohol motifs (C(OH)–C–C–N with tert-alkyl or cyclic N) is 1. The summed E-state index contributed by atoms with van der Waals surface area (Å²) in [6.45, 7) is 1.49. The Labute approximate surface area is 115 Å². The van der Waals surface area contributed by atoms with Gasteiger partial charge in [0.15, 0.2) is 11.4 Å². The monoisotopic (exact) mass is 269 g/mol. The molecule has 1 unspecified atom stereocenters. The third kappa shape index (κ3) is 1.74. The lowest BCUT2D eigenvalue weighted by Gasteiger charge is -2.30. The molecule has 3 heterocycles. The van der Waals surface area contributed by atoms with Gasteiger partial charge in [0.25, 0.3) is 0 Å². The fourth-order valence-electron chi connectivity index (χ4n) is 2.88. The Morgan fingerprint density at radius 3 is 3.05 bits per heavy atom. The maximum absolute atomic E-state index is 9.84. The number of furan rings is 1. The summed E-state index contributed by atoms with van der Waals surface area (Å²) >= 11 is 0. The van der Waals surface area contributed by atoms with E-state index in [2.05, 4.69) is 14.9 Å². The molecule has 1 aliphatic rings. The molecule has 0 amide bonds. The molecular weight excluding hydrogens is 254 g/mol. The van der Waals surface area contributed by atoms with Gasteiger partial charge in [0, 0.05) is 18.5 Å². The minimum absolute atomic E-state index is 0.293. The lowest BCUT2D eigenvalue weighted by atomic mass is 10.1. The number of fused-ring (bicyclic) bond motifs is 3. The van der Waals surface area contributed by atoms with Gasteiger partial charge in [-0.1, -0.05) is 12.1 Å². The van der Waals surface area contributed by atoms with Crippen LogP contribution in [-0.4, -0.2) is 34.3 Å². The summed E-state index contributed by atoms with van der Waals surface area (Å²) in [4.78, 5) is 10.8. The van der Waals surface area contributed by atoms with Gasteiger partial charge in [-0.3, -0.25) is 0 Å². The number of hydrogen-bond donors (Lipinski definition) is 1. The summed E-state index contributed by atoms with van der Waals surface area (Å²) in [5.74, 6) is 0.782. The van der Waals surface area contributed by atoms with Gasteiger partial charge in [-0.2, -0.15) is 0 Å². The molecule has 1 aliphatic heterocycles. The zero-order valence-electron chi connectivity index (χ0n) is 11.0. The van der Waals surface area contributed by atoms with Crippen LogP contribution in [0.4, 0.5) is 5.82 Å². The molecule has 5 nitrogen and oxygen atoms in total. The Bertz CT molecular complexity index is 768. The number of piperidine rings is 1. The SMILES string of the molecule is OC1CCCN(c2ncnc3c2oc2ccccc23)C1. The number of benzene rings is 1. The summed E-state index contributed by atoms with van der Waals surface area (Å²) in [6, 6.07) is 7.86.